The number of nitrogens with one attached hydrogen (secondary N) is 4. The first-order valence-corrected chi connectivity index (χ1v) is 11.1. The van der Waals surface area contributed by atoms with Crippen LogP contribution in [0.4, 0.5) is 4.79 Å². The number of imidazole rings is 1. The second-order valence-corrected chi connectivity index (χ2v) is 8.61. The molecule has 31 heavy (non-hydrogen) atoms. The number of hydrogen-bond acceptors (Lipinski definition) is 5. The van der Waals surface area contributed by atoms with Crippen molar-refractivity contribution in [2.45, 2.75) is 17.4 Å². The van der Waals surface area contributed by atoms with Crippen LogP contribution in [0.2, 0.25) is 5.02 Å². The first-order valence-electron chi connectivity index (χ1n) is 9.24. The van der Waals surface area contributed by atoms with Crippen molar-refractivity contribution in [1.82, 2.24) is 25.3 Å². The minimum atomic E-state index is -4.14. The summed E-state index contributed by atoms with van der Waals surface area (Å²) in [6, 6.07) is 11.7. The van der Waals surface area contributed by atoms with Gasteiger partial charge in [0.25, 0.3) is 10.0 Å². The lowest BCUT2D eigenvalue weighted by molar-refractivity contribution is -0.123. The second-order valence-electron chi connectivity index (χ2n) is 6.49. The summed E-state index contributed by atoms with van der Waals surface area (Å²) in [5.74, 6) is -0.482. The maximum Gasteiger partial charge on any atom is 0.329 e. The smallest absolute Gasteiger partial charge is 0.329 e. The molecule has 3 amide bonds. The van der Waals surface area contributed by atoms with Crippen molar-refractivity contribution in [2.75, 3.05) is 6.54 Å². The molecule has 0 spiro atoms. The fourth-order valence-electron chi connectivity index (χ4n) is 2.74. The fraction of sp³-hybridized carbons (Fsp3) is 0.150. The Morgan fingerprint density at radius 3 is 2.42 bits per heavy atom. The van der Waals surface area contributed by atoms with Gasteiger partial charge in [-0.25, -0.2) is 22.9 Å². The normalized spacial score (nSPS) is 12.0. The van der Waals surface area contributed by atoms with E-state index in [1.165, 1.54) is 30.6 Å². The van der Waals surface area contributed by atoms with Gasteiger partial charge in [-0.05, 0) is 29.8 Å². The number of H-pyrrole nitrogens is 1. The van der Waals surface area contributed by atoms with E-state index in [2.05, 4.69) is 20.6 Å². The van der Waals surface area contributed by atoms with Crippen LogP contribution >= 0.6 is 11.6 Å². The Bertz CT molecular complexity index is 1120. The Morgan fingerprint density at radius 1 is 1.06 bits per heavy atom. The van der Waals surface area contributed by atoms with Crippen LogP contribution in [0.25, 0.3) is 0 Å². The van der Waals surface area contributed by atoms with Crippen LogP contribution in [0.15, 0.2) is 72.0 Å². The summed E-state index contributed by atoms with van der Waals surface area (Å²) in [7, 11) is -4.14. The minimum absolute atomic E-state index is 0.132. The molecule has 0 aliphatic rings. The summed E-state index contributed by atoms with van der Waals surface area (Å²) >= 11 is 5.77. The number of carbonyl (C=O) groups is 2. The van der Waals surface area contributed by atoms with Crippen LogP contribution in [-0.4, -0.2) is 36.9 Å². The van der Waals surface area contributed by atoms with Crippen molar-refractivity contribution < 1.29 is 18.0 Å². The molecule has 0 bridgehead atoms. The van der Waals surface area contributed by atoms with Gasteiger partial charge in [0.05, 0.1) is 11.2 Å². The molecular formula is C20H20ClN5O4S. The number of benzene rings is 2. The third-order valence-electron chi connectivity index (χ3n) is 4.27. The number of aromatic nitrogens is 2. The van der Waals surface area contributed by atoms with Crippen LogP contribution < -0.4 is 15.4 Å². The Hall–Kier alpha value is -3.37. The van der Waals surface area contributed by atoms with Gasteiger partial charge in [-0.15, -0.1) is 0 Å². The van der Waals surface area contributed by atoms with E-state index in [0.717, 1.165) is 5.69 Å². The number of amides is 3. The molecule has 3 rings (SSSR count). The lowest BCUT2D eigenvalue weighted by Gasteiger charge is -2.19. The summed E-state index contributed by atoms with van der Waals surface area (Å²) in [6.07, 6.45) is 3.70. The molecule has 0 aliphatic heterocycles. The van der Waals surface area contributed by atoms with Gasteiger partial charge in [-0.2, -0.15) is 0 Å². The highest BCUT2D eigenvalue weighted by Crippen LogP contribution is 2.15. The SMILES string of the molecule is O=C(N[C@H](C(=O)NCCc1cnc[nH]1)c1ccccc1)NS(=O)(=O)c1ccc(Cl)cc1. The Labute approximate surface area is 184 Å². The number of hydrogen-bond donors (Lipinski definition) is 4. The highest BCUT2D eigenvalue weighted by molar-refractivity contribution is 7.90. The predicted molar refractivity (Wildman–Crippen MR) is 115 cm³/mol. The van der Waals surface area contributed by atoms with E-state index in [9.17, 15) is 18.0 Å². The van der Waals surface area contributed by atoms with Gasteiger partial charge < -0.3 is 15.6 Å². The van der Waals surface area contributed by atoms with E-state index in [0.29, 0.717) is 23.6 Å². The Morgan fingerprint density at radius 2 is 1.77 bits per heavy atom. The average molecular weight is 462 g/mol. The van der Waals surface area contributed by atoms with Crippen LogP contribution in [0.5, 0.6) is 0 Å². The van der Waals surface area contributed by atoms with Crippen LogP contribution in [0.1, 0.15) is 17.3 Å². The van der Waals surface area contributed by atoms with Gasteiger partial charge in [-0.3, -0.25) is 4.79 Å². The minimum Gasteiger partial charge on any atom is -0.354 e. The lowest BCUT2D eigenvalue weighted by atomic mass is 10.1. The standard InChI is InChI=1S/C20H20ClN5O4S/c21-15-6-8-17(9-7-15)31(29,30)26-20(28)25-18(14-4-2-1-3-5-14)19(27)23-11-10-16-12-22-13-24-16/h1-9,12-13,18H,10-11H2,(H,22,24)(H,23,27)(H2,25,26,28)/t18-/m0/s1. The number of sulfonamides is 1. The van der Waals surface area contributed by atoms with Gasteiger partial charge in [0.15, 0.2) is 0 Å². The molecule has 0 aliphatic carbocycles. The molecule has 9 nitrogen and oxygen atoms in total. The van der Waals surface area contributed by atoms with E-state index in [1.54, 1.807) is 36.5 Å². The quantitative estimate of drug-likeness (QED) is 0.408. The van der Waals surface area contributed by atoms with E-state index < -0.39 is 28.0 Å². The molecule has 4 N–H and O–H groups in total. The monoisotopic (exact) mass is 461 g/mol. The zero-order chi connectivity index (χ0) is 22.3. The van der Waals surface area contributed by atoms with E-state index in [-0.39, 0.29) is 4.90 Å². The second kappa shape index (κ2) is 10.1. The molecule has 1 heterocycles. The highest BCUT2D eigenvalue weighted by atomic mass is 35.5. The molecule has 0 unspecified atom stereocenters. The largest absolute Gasteiger partial charge is 0.354 e. The maximum atomic E-state index is 12.7. The van der Waals surface area contributed by atoms with Crippen molar-refractivity contribution >= 4 is 33.6 Å². The van der Waals surface area contributed by atoms with Crippen molar-refractivity contribution in [3.8, 4) is 0 Å². The molecule has 1 aromatic heterocycles. The van der Waals surface area contributed by atoms with Gasteiger partial charge in [0.2, 0.25) is 5.91 Å². The Balaban J connectivity index is 1.68. The number of urea groups is 1. The van der Waals surface area contributed by atoms with Gasteiger partial charge in [0, 0.05) is 29.9 Å². The first kappa shape index (κ1) is 22.3. The average Bonchev–Trinajstić information content (AvgIpc) is 3.26. The van der Waals surface area contributed by atoms with Gasteiger partial charge >= 0.3 is 6.03 Å². The van der Waals surface area contributed by atoms with E-state index in [1.807, 2.05) is 4.72 Å². The summed E-state index contributed by atoms with van der Waals surface area (Å²) in [5, 5.41) is 5.52. The van der Waals surface area contributed by atoms with Gasteiger partial charge in [0.1, 0.15) is 6.04 Å². The molecular weight excluding hydrogens is 442 g/mol. The number of halogens is 1. The third-order valence-corrected chi connectivity index (χ3v) is 5.87. The number of aromatic amines is 1. The maximum absolute atomic E-state index is 12.7. The van der Waals surface area contributed by atoms with Crippen molar-refractivity contribution in [3.63, 3.8) is 0 Å². The zero-order valence-corrected chi connectivity index (χ0v) is 17.8. The van der Waals surface area contributed by atoms with Gasteiger partial charge in [-0.1, -0.05) is 41.9 Å². The van der Waals surface area contributed by atoms with Crippen molar-refractivity contribution in [3.05, 3.63) is 83.4 Å². The lowest BCUT2D eigenvalue weighted by Crippen LogP contribution is -2.46. The molecule has 1 atom stereocenters. The predicted octanol–water partition coefficient (Wildman–Crippen LogP) is 2.15. The summed E-state index contributed by atoms with van der Waals surface area (Å²) < 4.78 is 26.8. The van der Waals surface area contributed by atoms with E-state index >= 15 is 0 Å². The van der Waals surface area contributed by atoms with Crippen LogP contribution in [0, 0.1) is 0 Å². The highest BCUT2D eigenvalue weighted by Gasteiger charge is 2.25. The summed E-state index contributed by atoms with van der Waals surface area (Å²) in [5.41, 5.74) is 1.34. The number of carbonyl (C=O) groups excluding carboxylic acids is 2. The molecule has 0 saturated heterocycles. The first-order chi connectivity index (χ1) is 14.8. The fourth-order valence-corrected chi connectivity index (χ4v) is 3.79. The molecule has 0 saturated carbocycles. The Kier molecular flexibility index (Phi) is 7.27. The molecule has 11 heteroatoms. The molecule has 3 aromatic rings. The van der Waals surface area contributed by atoms with Crippen molar-refractivity contribution in [1.29, 1.82) is 0 Å². The van der Waals surface area contributed by atoms with Crippen LogP contribution in [-0.2, 0) is 21.2 Å². The van der Waals surface area contributed by atoms with Crippen molar-refractivity contribution in [2.24, 2.45) is 0 Å². The van der Waals surface area contributed by atoms with Crippen LogP contribution in [0.3, 0.4) is 0 Å². The summed E-state index contributed by atoms with van der Waals surface area (Å²) in [4.78, 5) is 31.9. The molecule has 0 fully saturated rings. The molecule has 0 radical (unpaired) electrons. The summed E-state index contributed by atoms with van der Waals surface area (Å²) in [6.45, 7) is 0.302. The number of nitrogens with zero attached hydrogens (tertiary/aromatic N) is 1. The topological polar surface area (TPSA) is 133 Å². The zero-order valence-electron chi connectivity index (χ0n) is 16.2. The van der Waals surface area contributed by atoms with E-state index in [4.69, 9.17) is 11.6 Å². The number of rotatable bonds is 8. The molecule has 162 valence electrons. The molecule has 2 aromatic carbocycles. The third kappa shape index (κ3) is 6.30.